The second kappa shape index (κ2) is 59.6. The fourth-order valence-electron chi connectivity index (χ4n) is 10.6. The summed E-state index contributed by atoms with van der Waals surface area (Å²) in [5.41, 5.74) is 0. The normalized spacial score (nSPS) is 13.8. The van der Waals surface area contributed by atoms with Crippen LogP contribution in [-0.2, 0) is 18.4 Å². The number of likely N-dealkylation sites (N-methyl/N-ethyl adjacent to an activating group) is 1. The number of hydrogen-bond acceptors (Lipinski definition) is 5. The number of phosphoric ester groups is 1. The van der Waals surface area contributed by atoms with Gasteiger partial charge in [0.05, 0.1) is 39.9 Å². The van der Waals surface area contributed by atoms with Gasteiger partial charge < -0.3 is 19.8 Å². The van der Waals surface area contributed by atoms with E-state index in [0.29, 0.717) is 23.9 Å². The van der Waals surface area contributed by atoms with Gasteiger partial charge in [0.25, 0.3) is 0 Å². The van der Waals surface area contributed by atoms with Gasteiger partial charge in [0.1, 0.15) is 13.2 Å². The third-order valence-electron chi connectivity index (χ3n) is 16.0. The van der Waals surface area contributed by atoms with Crippen LogP contribution in [0.3, 0.4) is 0 Å². The Hall–Kier alpha value is -1.02. The number of nitrogens with zero attached hydrogens (tertiary/aromatic N) is 1. The predicted octanol–water partition coefficient (Wildman–Crippen LogP) is 21.5. The molecule has 0 fully saturated rings. The van der Waals surface area contributed by atoms with Crippen LogP contribution in [0.4, 0.5) is 0 Å². The molecular formula is C68H136N2O6P+. The Morgan fingerprint density at radius 3 is 1.06 bits per heavy atom. The molecule has 0 spiro atoms. The van der Waals surface area contributed by atoms with Crippen molar-refractivity contribution in [3.05, 3.63) is 24.3 Å². The third-order valence-corrected chi connectivity index (χ3v) is 16.9. The number of aliphatic hydroxyl groups is 1. The minimum absolute atomic E-state index is 0.0779. The minimum atomic E-state index is -4.32. The van der Waals surface area contributed by atoms with Crippen molar-refractivity contribution in [3.63, 3.8) is 0 Å². The summed E-state index contributed by atoms with van der Waals surface area (Å²) < 4.78 is 23.8. The Bertz CT molecular complexity index is 1300. The van der Waals surface area contributed by atoms with E-state index in [2.05, 4.69) is 43.5 Å². The average molecular weight is 1110 g/mol. The summed E-state index contributed by atoms with van der Waals surface area (Å²) in [5, 5.41) is 14.1. The molecule has 0 aliphatic carbocycles. The molecular weight excluding hydrogens is 972 g/mol. The molecule has 9 heteroatoms. The van der Waals surface area contributed by atoms with Crippen molar-refractivity contribution in [1.29, 1.82) is 0 Å². The van der Waals surface area contributed by atoms with Crippen molar-refractivity contribution in [3.8, 4) is 0 Å². The van der Waals surface area contributed by atoms with E-state index in [4.69, 9.17) is 9.05 Å². The molecule has 0 aliphatic heterocycles. The number of amides is 1. The second-order valence-corrected chi connectivity index (χ2v) is 26.4. The van der Waals surface area contributed by atoms with Crippen LogP contribution >= 0.6 is 7.82 Å². The fraction of sp³-hybridized carbons (Fsp3) is 0.926. The molecule has 0 bridgehead atoms. The van der Waals surface area contributed by atoms with Crippen molar-refractivity contribution >= 4 is 13.7 Å². The number of hydrogen-bond donors (Lipinski definition) is 3. The Kier molecular flexibility index (Phi) is 58.8. The Morgan fingerprint density at radius 1 is 0.442 bits per heavy atom. The SMILES string of the molecule is CCCCCCC/C=C\C/C=C\CCCCCCCCCCCCCCCCCCCCCCCCCCCCCCCC(=O)NC(COP(=O)(O)OCC[N+](C)(C)C)C(O)CCCCCCCCCCCCCCCC. The number of quaternary nitrogens is 1. The molecule has 0 saturated heterocycles. The predicted molar refractivity (Wildman–Crippen MR) is 337 cm³/mol. The highest BCUT2D eigenvalue weighted by Crippen LogP contribution is 2.43. The molecule has 77 heavy (non-hydrogen) atoms. The Morgan fingerprint density at radius 2 is 0.740 bits per heavy atom. The van der Waals surface area contributed by atoms with E-state index in [1.54, 1.807) is 0 Å². The van der Waals surface area contributed by atoms with Crippen molar-refractivity contribution < 1.29 is 32.9 Å². The van der Waals surface area contributed by atoms with Crippen molar-refractivity contribution in [1.82, 2.24) is 5.32 Å². The molecule has 3 unspecified atom stereocenters. The highest BCUT2D eigenvalue weighted by molar-refractivity contribution is 7.47. The van der Waals surface area contributed by atoms with E-state index in [1.807, 2.05) is 21.1 Å². The third kappa shape index (κ3) is 62.4. The van der Waals surface area contributed by atoms with E-state index in [1.165, 1.54) is 283 Å². The number of aliphatic hydroxyl groups excluding tert-OH is 1. The van der Waals surface area contributed by atoms with Gasteiger partial charge in [-0.05, 0) is 44.9 Å². The van der Waals surface area contributed by atoms with Crippen LogP contribution in [0, 0.1) is 0 Å². The second-order valence-electron chi connectivity index (χ2n) is 24.9. The van der Waals surface area contributed by atoms with E-state index in [9.17, 15) is 19.4 Å². The first-order chi connectivity index (χ1) is 37.5. The summed E-state index contributed by atoms with van der Waals surface area (Å²) in [7, 11) is 1.63. The van der Waals surface area contributed by atoms with Crippen LogP contribution in [0.15, 0.2) is 24.3 Å². The lowest BCUT2D eigenvalue weighted by atomic mass is 10.0. The molecule has 0 radical (unpaired) electrons. The molecule has 458 valence electrons. The maximum atomic E-state index is 13.0. The molecule has 0 heterocycles. The standard InChI is InChI=1S/C68H135N2O6P/c1-6-8-10-12-14-16-18-20-22-23-24-25-26-27-28-29-30-31-32-33-34-35-36-37-38-39-40-41-42-43-44-45-46-47-48-50-52-54-56-58-60-62-68(72)69-66(65-76-77(73,74)75-64-63-70(3,4)5)67(71)61-59-57-55-53-51-49-21-19-17-15-13-11-9-7-2/h18,20,23-24,66-67,71H,6-17,19,21-22,25-65H2,1-5H3,(H-,69,72,73,74)/p+1/b20-18-,24-23-. The molecule has 0 aromatic rings. The van der Waals surface area contributed by atoms with Crippen molar-refractivity contribution in [2.75, 3.05) is 40.9 Å². The maximum Gasteiger partial charge on any atom is 0.472 e. The number of phosphoric acid groups is 1. The highest BCUT2D eigenvalue weighted by atomic mass is 31.2. The zero-order valence-electron chi connectivity index (χ0n) is 52.5. The van der Waals surface area contributed by atoms with Gasteiger partial charge in [0.2, 0.25) is 5.91 Å². The van der Waals surface area contributed by atoms with Gasteiger partial charge >= 0.3 is 7.82 Å². The average Bonchev–Trinajstić information content (AvgIpc) is 3.39. The minimum Gasteiger partial charge on any atom is -0.391 e. The van der Waals surface area contributed by atoms with E-state index in [0.717, 1.165) is 44.9 Å². The molecule has 0 rings (SSSR count). The molecule has 1 amide bonds. The number of nitrogens with one attached hydrogen (secondary N) is 1. The first kappa shape index (κ1) is 76.0. The molecule has 3 N–H and O–H groups in total. The quantitative estimate of drug-likeness (QED) is 0.0243. The molecule has 0 saturated carbocycles. The van der Waals surface area contributed by atoms with Crippen LogP contribution in [0.25, 0.3) is 0 Å². The molecule has 0 aromatic carbocycles. The first-order valence-electron chi connectivity index (χ1n) is 34.2. The van der Waals surface area contributed by atoms with Gasteiger partial charge in [-0.1, -0.05) is 327 Å². The number of carbonyl (C=O) groups excluding carboxylic acids is 1. The topological polar surface area (TPSA) is 105 Å². The number of unbranched alkanes of at least 4 members (excludes halogenated alkanes) is 47. The molecule has 8 nitrogen and oxygen atoms in total. The molecule has 0 aliphatic rings. The Labute approximate surface area is 481 Å². The first-order valence-corrected chi connectivity index (χ1v) is 35.7. The fourth-order valence-corrected chi connectivity index (χ4v) is 11.3. The summed E-state index contributed by atoms with van der Waals surface area (Å²) in [6.07, 6.45) is 77.2. The van der Waals surface area contributed by atoms with Crippen molar-refractivity contribution in [2.24, 2.45) is 0 Å². The van der Waals surface area contributed by atoms with Gasteiger partial charge in [0.15, 0.2) is 0 Å². The summed E-state index contributed by atoms with van der Waals surface area (Å²) in [5.74, 6) is -0.137. The molecule has 3 atom stereocenters. The van der Waals surface area contributed by atoms with Crippen molar-refractivity contribution in [2.45, 2.75) is 366 Å². The largest absolute Gasteiger partial charge is 0.472 e. The highest BCUT2D eigenvalue weighted by Gasteiger charge is 2.28. The van der Waals surface area contributed by atoms with Gasteiger partial charge in [0, 0.05) is 6.42 Å². The van der Waals surface area contributed by atoms with Gasteiger partial charge in [-0.15, -0.1) is 0 Å². The maximum absolute atomic E-state index is 13.0. The summed E-state index contributed by atoms with van der Waals surface area (Å²) >= 11 is 0. The zero-order chi connectivity index (χ0) is 56.3. The lowest BCUT2D eigenvalue weighted by molar-refractivity contribution is -0.870. The van der Waals surface area contributed by atoms with E-state index >= 15 is 0 Å². The van der Waals surface area contributed by atoms with Gasteiger partial charge in [-0.25, -0.2) is 4.57 Å². The lowest BCUT2D eigenvalue weighted by Crippen LogP contribution is -2.46. The van der Waals surface area contributed by atoms with Crippen LogP contribution in [0.2, 0.25) is 0 Å². The van der Waals surface area contributed by atoms with E-state index < -0.39 is 20.0 Å². The zero-order valence-corrected chi connectivity index (χ0v) is 53.4. The summed E-state index contributed by atoms with van der Waals surface area (Å²) in [6, 6.07) is -0.757. The van der Waals surface area contributed by atoms with Gasteiger partial charge in [-0.3, -0.25) is 13.8 Å². The number of carbonyl (C=O) groups is 1. The Balaban J connectivity index is 3.80. The summed E-state index contributed by atoms with van der Waals surface area (Å²) in [4.78, 5) is 23.4. The smallest absolute Gasteiger partial charge is 0.391 e. The van der Waals surface area contributed by atoms with Crippen LogP contribution in [0.5, 0.6) is 0 Å². The lowest BCUT2D eigenvalue weighted by Gasteiger charge is -2.26. The molecule has 0 aromatic heterocycles. The van der Waals surface area contributed by atoms with Crippen LogP contribution < -0.4 is 5.32 Å². The summed E-state index contributed by atoms with van der Waals surface area (Å²) in [6.45, 7) is 4.92. The van der Waals surface area contributed by atoms with Gasteiger partial charge in [-0.2, -0.15) is 0 Å². The van der Waals surface area contributed by atoms with Crippen LogP contribution in [0.1, 0.15) is 354 Å². The van der Waals surface area contributed by atoms with E-state index in [-0.39, 0.29) is 19.1 Å². The number of rotatable bonds is 64. The van der Waals surface area contributed by atoms with Crippen LogP contribution in [-0.4, -0.2) is 73.4 Å². The monoisotopic (exact) mass is 1110 g/mol. The number of allylic oxidation sites excluding steroid dienone is 4.